The maximum absolute atomic E-state index is 12.4. The van der Waals surface area contributed by atoms with Gasteiger partial charge in [0.2, 0.25) is 0 Å². The molecule has 0 unspecified atom stereocenters. The first-order valence-corrected chi connectivity index (χ1v) is 10.8. The molecule has 10 heteroatoms. The minimum atomic E-state index is -0.536. The number of benzene rings is 2. The van der Waals surface area contributed by atoms with Gasteiger partial charge in [-0.1, -0.05) is 49.9 Å². The van der Waals surface area contributed by atoms with E-state index < -0.39 is 12.0 Å². The summed E-state index contributed by atoms with van der Waals surface area (Å²) >= 11 is 17.5. The van der Waals surface area contributed by atoms with E-state index in [2.05, 4.69) is 23.1 Å². The molecule has 6 nitrogen and oxygen atoms in total. The van der Waals surface area contributed by atoms with Gasteiger partial charge in [-0.2, -0.15) is 0 Å². The van der Waals surface area contributed by atoms with E-state index in [9.17, 15) is 9.59 Å². The molecule has 0 atom stereocenters. The maximum Gasteiger partial charge on any atom is 0.363 e. The lowest BCUT2D eigenvalue weighted by Gasteiger charge is -2.17. The zero-order valence-electron chi connectivity index (χ0n) is 15.9. The van der Waals surface area contributed by atoms with Crippen LogP contribution >= 0.6 is 47.4 Å². The molecule has 0 bridgehead atoms. The Labute approximate surface area is 193 Å². The third kappa shape index (κ3) is 5.46. The molecule has 3 aromatic rings. The van der Waals surface area contributed by atoms with Crippen LogP contribution in [0.3, 0.4) is 0 Å². The van der Waals surface area contributed by atoms with Crippen LogP contribution in [0, 0.1) is 0 Å². The van der Waals surface area contributed by atoms with Crippen molar-refractivity contribution < 1.29 is 14.3 Å². The van der Waals surface area contributed by atoms with Crippen LogP contribution in [0.25, 0.3) is 0 Å². The lowest BCUT2D eigenvalue weighted by Crippen LogP contribution is -2.26. The van der Waals surface area contributed by atoms with Gasteiger partial charge in [-0.3, -0.25) is 0 Å². The monoisotopic (exact) mass is 481 g/mol. The summed E-state index contributed by atoms with van der Waals surface area (Å²) in [7, 11) is 0. The number of nitrogens with zero attached hydrogens (tertiary/aromatic N) is 2. The Kier molecular flexibility index (Phi) is 7.25. The number of carbonyl (C=O) groups excluding carboxylic acids is 2. The fourth-order valence-electron chi connectivity index (χ4n) is 2.33. The second kappa shape index (κ2) is 9.70. The van der Waals surface area contributed by atoms with Crippen molar-refractivity contribution in [3.63, 3.8) is 0 Å². The Morgan fingerprint density at radius 2 is 1.83 bits per heavy atom. The summed E-state index contributed by atoms with van der Waals surface area (Å²) in [5.74, 6) is 0.0349. The largest absolute Gasteiger partial charge is 0.422 e. The smallest absolute Gasteiger partial charge is 0.363 e. The average Bonchev–Trinajstić information content (AvgIpc) is 3.21. The van der Waals surface area contributed by atoms with E-state index >= 15 is 0 Å². The number of anilines is 2. The van der Waals surface area contributed by atoms with Crippen LogP contribution in [-0.4, -0.2) is 17.0 Å². The van der Waals surface area contributed by atoms with Crippen LogP contribution < -0.4 is 14.4 Å². The Hall–Kier alpha value is -2.26. The SMILES string of the molecule is CC(C)c1nc(C(=O)Oc2ccc(N(S)C(=O)Nc3ccc(Cl)c(Cl)c3)cc2)cs1. The summed E-state index contributed by atoms with van der Waals surface area (Å²) in [6.45, 7) is 4.02. The van der Waals surface area contributed by atoms with Gasteiger partial charge in [-0.25, -0.2) is 18.9 Å². The number of esters is 1. The summed E-state index contributed by atoms with van der Waals surface area (Å²) in [6.07, 6.45) is 0. The van der Waals surface area contributed by atoms with Gasteiger partial charge in [-0.15, -0.1) is 11.3 Å². The molecule has 0 saturated carbocycles. The van der Waals surface area contributed by atoms with Gasteiger partial charge in [0, 0.05) is 17.0 Å². The van der Waals surface area contributed by atoms with Crippen molar-refractivity contribution in [2.24, 2.45) is 0 Å². The van der Waals surface area contributed by atoms with Gasteiger partial charge in [-0.05, 0) is 42.5 Å². The molecule has 30 heavy (non-hydrogen) atoms. The van der Waals surface area contributed by atoms with E-state index in [1.165, 1.54) is 17.4 Å². The molecule has 3 rings (SSSR count). The van der Waals surface area contributed by atoms with Gasteiger partial charge in [0.25, 0.3) is 0 Å². The number of hydrogen-bond donors (Lipinski definition) is 2. The summed E-state index contributed by atoms with van der Waals surface area (Å²) in [4.78, 5) is 28.9. The van der Waals surface area contributed by atoms with Gasteiger partial charge in [0.1, 0.15) is 5.75 Å². The number of nitrogens with one attached hydrogen (secondary N) is 1. The number of hydrogen-bond acceptors (Lipinski definition) is 6. The quantitative estimate of drug-likeness (QED) is 0.242. The van der Waals surface area contributed by atoms with Gasteiger partial charge in [0.05, 0.1) is 20.7 Å². The van der Waals surface area contributed by atoms with Crippen LogP contribution in [0.2, 0.25) is 10.0 Å². The molecule has 156 valence electrons. The number of aromatic nitrogens is 1. The Morgan fingerprint density at radius 1 is 1.13 bits per heavy atom. The zero-order chi connectivity index (χ0) is 21.8. The van der Waals surface area contributed by atoms with Crippen molar-refractivity contribution in [1.29, 1.82) is 0 Å². The summed E-state index contributed by atoms with van der Waals surface area (Å²) < 4.78 is 6.46. The maximum atomic E-state index is 12.4. The van der Waals surface area contributed by atoms with Crippen molar-refractivity contribution in [2.45, 2.75) is 19.8 Å². The van der Waals surface area contributed by atoms with Crippen molar-refractivity contribution in [2.75, 3.05) is 9.62 Å². The molecule has 1 aromatic heterocycles. The van der Waals surface area contributed by atoms with Crippen molar-refractivity contribution in [3.8, 4) is 5.75 Å². The lowest BCUT2D eigenvalue weighted by atomic mass is 10.2. The van der Waals surface area contributed by atoms with E-state index in [1.807, 2.05) is 13.8 Å². The fourth-order valence-corrected chi connectivity index (χ4v) is 3.61. The van der Waals surface area contributed by atoms with Crippen LogP contribution in [0.5, 0.6) is 5.75 Å². The first-order valence-electron chi connectivity index (χ1n) is 8.77. The Balaban J connectivity index is 1.62. The van der Waals surface area contributed by atoms with E-state index in [0.29, 0.717) is 27.2 Å². The van der Waals surface area contributed by atoms with Crippen LogP contribution in [0.15, 0.2) is 47.8 Å². The molecular weight excluding hydrogens is 465 g/mol. The highest BCUT2D eigenvalue weighted by atomic mass is 35.5. The summed E-state index contributed by atoms with van der Waals surface area (Å²) in [5, 5.41) is 5.93. The molecule has 0 fully saturated rings. The highest BCUT2D eigenvalue weighted by Crippen LogP contribution is 2.27. The highest BCUT2D eigenvalue weighted by Gasteiger charge is 2.16. The molecule has 1 heterocycles. The number of urea groups is 1. The number of rotatable bonds is 5. The minimum Gasteiger partial charge on any atom is -0.422 e. The number of halogens is 2. The summed E-state index contributed by atoms with van der Waals surface area (Å²) in [5.41, 5.74) is 1.22. The molecule has 0 aliphatic carbocycles. The molecule has 0 saturated heterocycles. The zero-order valence-corrected chi connectivity index (χ0v) is 19.1. The molecular formula is C20H17Cl2N3O3S2. The normalized spacial score (nSPS) is 10.7. The van der Waals surface area contributed by atoms with Crippen molar-refractivity contribution in [1.82, 2.24) is 4.98 Å². The second-order valence-corrected chi connectivity index (χ2v) is 8.58. The molecule has 0 spiro atoms. The molecule has 1 N–H and O–H groups in total. The van der Waals surface area contributed by atoms with Crippen LogP contribution in [-0.2, 0) is 0 Å². The average molecular weight is 482 g/mol. The van der Waals surface area contributed by atoms with Gasteiger partial charge >= 0.3 is 12.0 Å². The Bertz CT molecular complexity index is 1070. The van der Waals surface area contributed by atoms with Gasteiger partial charge < -0.3 is 10.1 Å². The van der Waals surface area contributed by atoms with E-state index in [4.69, 9.17) is 27.9 Å². The lowest BCUT2D eigenvalue weighted by molar-refractivity contribution is 0.0729. The predicted octanol–water partition coefficient (Wildman–Crippen LogP) is 6.68. The van der Waals surface area contributed by atoms with Crippen LogP contribution in [0.1, 0.15) is 35.3 Å². The topological polar surface area (TPSA) is 71.5 Å². The van der Waals surface area contributed by atoms with Crippen molar-refractivity contribution in [3.05, 3.63) is 68.6 Å². The number of amides is 2. The van der Waals surface area contributed by atoms with Crippen molar-refractivity contribution >= 4 is 70.7 Å². The fraction of sp³-hybridized carbons (Fsp3) is 0.150. The number of thiol groups is 1. The van der Waals surface area contributed by atoms with E-state index in [0.717, 1.165) is 9.31 Å². The first-order chi connectivity index (χ1) is 14.2. The number of thiazole rings is 1. The third-order valence-electron chi connectivity index (χ3n) is 3.88. The molecule has 0 aliphatic rings. The van der Waals surface area contributed by atoms with Crippen LogP contribution in [0.4, 0.5) is 16.2 Å². The van der Waals surface area contributed by atoms with E-state index in [-0.39, 0.29) is 11.6 Å². The standard InChI is InChI=1S/C20H17Cl2N3O3S2/c1-11(2)18-24-17(10-30-18)19(26)28-14-6-4-13(5-7-14)25(29)20(27)23-12-3-8-15(21)16(22)9-12/h3-11,29H,1-2H3,(H,23,27). The Morgan fingerprint density at radius 3 is 2.43 bits per heavy atom. The van der Waals surface area contributed by atoms with E-state index in [1.54, 1.807) is 41.8 Å². The molecule has 2 amide bonds. The first kappa shape index (κ1) is 22.4. The molecule has 0 aliphatic heterocycles. The number of carbonyl (C=O) groups is 2. The molecule has 0 radical (unpaired) electrons. The highest BCUT2D eigenvalue weighted by molar-refractivity contribution is 7.82. The third-order valence-corrected chi connectivity index (χ3v) is 6.18. The summed E-state index contributed by atoms with van der Waals surface area (Å²) in [6, 6.07) is 10.6. The molecule has 2 aromatic carbocycles. The number of ether oxygens (including phenoxy) is 1. The van der Waals surface area contributed by atoms with Gasteiger partial charge in [0.15, 0.2) is 5.69 Å². The minimum absolute atomic E-state index is 0.243. The predicted molar refractivity (Wildman–Crippen MR) is 125 cm³/mol. The second-order valence-electron chi connectivity index (χ2n) is 6.48.